The van der Waals surface area contributed by atoms with E-state index in [4.69, 9.17) is 47.4 Å². The van der Waals surface area contributed by atoms with Crippen molar-refractivity contribution in [3.8, 4) is 0 Å². The number of aliphatic hydroxyl groups excluding tert-OH is 2. The molecule has 0 saturated carbocycles. The van der Waals surface area contributed by atoms with Crippen LogP contribution in [0.4, 0.5) is 0 Å². The maximum Gasteiger partial charge on any atom is 0.186 e. The van der Waals surface area contributed by atoms with Gasteiger partial charge in [0.2, 0.25) is 0 Å². The highest BCUT2D eigenvalue weighted by Gasteiger charge is 2.39. The van der Waals surface area contributed by atoms with Gasteiger partial charge in [0, 0.05) is 38.6 Å². The molecule has 0 aliphatic carbocycles. The molecule has 1 aliphatic rings. The van der Waals surface area contributed by atoms with Crippen molar-refractivity contribution in [1.29, 1.82) is 0 Å². The molecule has 0 bridgehead atoms. The van der Waals surface area contributed by atoms with Crippen LogP contribution in [-0.2, 0) is 37.2 Å². The van der Waals surface area contributed by atoms with Crippen molar-refractivity contribution in [2.45, 2.75) is 79.7 Å². The van der Waals surface area contributed by atoms with Crippen LogP contribution in [0.2, 0.25) is 0 Å². The van der Waals surface area contributed by atoms with Crippen LogP contribution in [0.5, 0.6) is 0 Å². The second-order valence-electron chi connectivity index (χ2n) is 12.7. The van der Waals surface area contributed by atoms with E-state index in [1.54, 1.807) is 0 Å². The molecule has 1 saturated heterocycles. The number of nitrogens with one attached hydrogen (secondary N) is 1. The second kappa shape index (κ2) is 24.8. The van der Waals surface area contributed by atoms with Crippen molar-refractivity contribution in [3.05, 3.63) is 71.8 Å². The predicted octanol–water partition coefficient (Wildman–Crippen LogP) is 8.67. The first kappa shape index (κ1) is 47.9. The van der Waals surface area contributed by atoms with E-state index in [2.05, 4.69) is 69.0 Å². The number of rotatable bonds is 11. The Balaban J connectivity index is 0. The normalized spacial score (nSPS) is 21.8. The first-order valence-corrected chi connectivity index (χ1v) is 22.0. The number of hydrogen-bond donors (Lipinski definition) is 3. The molecule has 1 fully saturated rings. The lowest BCUT2D eigenvalue weighted by Crippen LogP contribution is -2.30. The molecule has 1 heterocycles. The summed E-state index contributed by atoms with van der Waals surface area (Å²) in [5, 5.41) is 19.5. The molecular weight excluding hydrogens is 678 g/mol. The monoisotopic (exact) mass is 740 g/mol. The minimum Gasteiger partial charge on any atom is -0.396 e. The van der Waals surface area contributed by atoms with Gasteiger partial charge in [-0.25, -0.2) is 0 Å². The molecule has 7 nitrogen and oxygen atoms in total. The number of hydrogen-bond acceptors (Lipinski definition) is 8. The third-order valence-corrected chi connectivity index (χ3v) is 11.7. The fourth-order valence-electron chi connectivity index (χ4n) is 3.64. The Labute approximate surface area is 297 Å². The first-order chi connectivity index (χ1) is 20.9. The summed E-state index contributed by atoms with van der Waals surface area (Å²) in [7, 11) is 3.99. The Hall–Kier alpha value is -0.250. The van der Waals surface area contributed by atoms with Crippen molar-refractivity contribution in [2.75, 3.05) is 47.2 Å². The highest BCUT2D eigenvalue weighted by Crippen LogP contribution is 2.59. The Morgan fingerprint density at radius 3 is 1.70 bits per heavy atom. The summed E-state index contributed by atoms with van der Waals surface area (Å²) in [5.41, 5.74) is 2.35. The zero-order chi connectivity index (χ0) is 34.8. The molecule has 0 radical (unpaired) electrons. The summed E-state index contributed by atoms with van der Waals surface area (Å²) >= 11 is 11.0. The standard InChI is InChI=1S/C15H26NO2PS.C11H16NOPS.2C4H10O.ClH/c1-12(2)11-17-19(5,20)18-15(13(3)16-4)14-9-7-6-8-10-14;1-9-11(10-7-5-4-6-8-10)13-14(3,15)12(9)2;2*1-4(2)3-5;/h6-10,12-13,15-16H,11H2,1-5H3;4-9,11H,1-3H3;2*4-5H,3H2,1-2H3;1H. The fourth-order valence-corrected chi connectivity index (χ4v) is 7.82. The zero-order valence-electron chi connectivity index (χ0n) is 30.1. The lowest BCUT2D eigenvalue weighted by atomic mass is 10.0. The van der Waals surface area contributed by atoms with Crippen LogP contribution in [0, 0.1) is 17.8 Å². The molecule has 1 aliphatic heterocycles. The molecular formula is C34H63ClN2O5P2S2. The quantitative estimate of drug-likeness (QED) is 0.196. The van der Waals surface area contributed by atoms with Gasteiger partial charge in [-0.1, -0.05) is 114 Å². The smallest absolute Gasteiger partial charge is 0.186 e. The van der Waals surface area contributed by atoms with Gasteiger partial charge in [-0.2, -0.15) is 0 Å². The maximum atomic E-state index is 8.14. The van der Waals surface area contributed by atoms with E-state index in [1.165, 1.54) is 5.56 Å². The third-order valence-electron chi connectivity index (χ3n) is 6.75. The lowest BCUT2D eigenvalue weighted by Gasteiger charge is -2.29. The first-order valence-electron chi connectivity index (χ1n) is 15.8. The van der Waals surface area contributed by atoms with Gasteiger partial charge in [0.05, 0.1) is 6.61 Å². The molecule has 3 N–H and O–H groups in total. The molecule has 2 aromatic carbocycles. The zero-order valence-corrected chi connectivity index (χ0v) is 34.4. The van der Waals surface area contributed by atoms with E-state index in [0.717, 1.165) is 5.56 Å². The van der Waals surface area contributed by atoms with Crippen molar-refractivity contribution in [2.24, 2.45) is 17.8 Å². The Bertz CT molecular complexity index is 1130. The van der Waals surface area contributed by atoms with Crippen LogP contribution in [0.1, 0.15) is 78.7 Å². The van der Waals surface area contributed by atoms with Crippen molar-refractivity contribution in [3.63, 3.8) is 0 Å². The summed E-state index contributed by atoms with van der Waals surface area (Å²) < 4.78 is 20.2. The molecule has 6 unspecified atom stereocenters. The van der Waals surface area contributed by atoms with Gasteiger partial charge in [-0.05, 0) is 68.6 Å². The maximum absolute atomic E-state index is 8.14. The predicted molar refractivity (Wildman–Crippen MR) is 209 cm³/mol. The highest BCUT2D eigenvalue weighted by molar-refractivity contribution is 8.10. The van der Waals surface area contributed by atoms with Crippen LogP contribution in [0.3, 0.4) is 0 Å². The fraction of sp³-hybridized carbons (Fsp3) is 0.647. The Kier molecular flexibility index (Phi) is 25.8. The van der Waals surface area contributed by atoms with Crippen molar-refractivity contribution in [1.82, 2.24) is 9.99 Å². The van der Waals surface area contributed by atoms with E-state index in [9.17, 15) is 0 Å². The minimum absolute atomic E-state index is 0. The van der Waals surface area contributed by atoms with E-state index in [1.807, 2.05) is 84.5 Å². The van der Waals surface area contributed by atoms with E-state index < -0.39 is 12.9 Å². The number of likely N-dealkylation sites (N-methyl/N-ethyl adjacent to an activating group) is 2. The average molecular weight is 741 g/mol. The third kappa shape index (κ3) is 19.7. The van der Waals surface area contributed by atoms with Crippen LogP contribution in [-0.4, -0.2) is 74.2 Å². The minimum atomic E-state index is -2.24. The molecule has 46 heavy (non-hydrogen) atoms. The van der Waals surface area contributed by atoms with Crippen LogP contribution in [0.15, 0.2) is 60.7 Å². The number of aliphatic hydroxyl groups is 2. The molecule has 6 atom stereocenters. The van der Waals surface area contributed by atoms with Gasteiger partial charge in [0.25, 0.3) is 0 Å². The average Bonchev–Trinajstić information content (AvgIpc) is 3.22. The molecule has 0 amide bonds. The van der Waals surface area contributed by atoms with Gasteiger partial charge in [-0.3, -0.25) is 4.67 Å². The molecule has 0 spiro atoms. The Morgan fingerprint density at radius 1 is 0.913 bits per heavy atom. The van der Waals surface area contributed by atoms with E-state index in [0.29, 0.717) is 43.6 Å². The van der Waals surface area contributed by atoms with E-state index in [-0.39, 0.29) is 30.7 Å². The van der Waals surface area contributed by atoms with Crippen LogP contribution < -0.4 is 5.32 Å². The molecule has 268 valence electrons. The van der Waals surface area contributed by atoms with Gasteiger partial charge in [-0.15, -0.1) is 12.4 Å². The molecule has 0 aromatic heterocycles. The summed E-state index contributed by atoms with van der Waals surface area (Å²) in [4.78, 5) is 0. The van der Waals surface area contributed by atoms with Crippen molar-refractivity contribution >= 4 is 48.9 Å². The van der Waals surface area contributed by atoms with Gasteiger partial charge < -0.3 is 29.1 Å². The topological polar surface area (TPSA) is 83.4 Å². The van der Waals surface area contributed by atoms with Crippen molar-refractivity contribution < 1.29 is 23.8 Å². The summed E-state index contributed by atoms with van der Waals surface area (Å²) in [5.74, 6) is 1.34. The number of benzene rings is 2. The van der Waals surface area contributed by atoms with Gasteiger partial charge in [0.15, 0.2) is 6.49 Å². The van der Waals surface area contributed by atoms with E-state index >= 15 is 0 Å². The molecule has 12 heteroatoms. The van der Waals surface area contributed by atoms with Gasteiger partial charge >= 0.3 is 0 Å². The number of nitrogens with zero attached hydrogens (tertiary/aromatic N) is 1. The highest BCUT2D eigenvalue weighted by atomic mass is 35.5. The molecule has 3 rings (SSSR count). The lowest BCUT2D eigenvalue weighted by molar-refractivity contribution is 0.144. The summed E-state index contributed by atoms with van der Waals surface area (Å²) in [6, 6.07) is 21.0. The van der Waals surface area contributed by atoms with Crippen LogP contribution >= 0.6 is 25.3 Å². The van der Waals surface area contributed by atoms with Crippen LogP contribution in [0.25, 0.3) is 0 Å². The number of halogens is 1. The Morgan fingerprint density at radius 2 is 1.35 bits per heavy atom. The summed E-state index contributed by atoms with van der Waals surface area (Å²) in [6.07, 6.45) is -1.71. The summed E-state index contributed by atoms with van der Waals surface area (Å²) in [6.45, 7) is 19.3. The largest absolute Gasteiger partial charge is 0.396 e. The van der Waals surface area contributed by atoms with Gasteiger partial charge in [0.1, 0.15) is 18.6 Å². The SMILES string of the molecule is CC(C)CO.CC(C)CO.CC1C(c2ccccc2)OP(C)(=S)N1C.CNC(C)C(OP(C)(=S)OCC(C)C)c1ccccc1.Cl. The molecule has 2 aromatic rings. The second-order valence-corrected chi connectivity index (χ2v) is 21.2.